The van der Waals surface area contributed by atoms with Crippen LogP contribution in [0.1, 0.15) is 32.6 Å². The molecule has 0 radical (unpaired) electrons. The van der Waals surface area contributed by atoms with Gasteiger partial charge in [0, 0.05) is 18.6 Å². The fraction of sp³-hybridized carbons (Fsp3) is 1.00. The highest BCUT2D eigenvalue weighted by molar-refractivity contribution is 7.91. The molecule has 2 fully saturated rings. The highest BCUT2D eigenvalue weighted by Gasteiger charge is 2.36. The van der Waals surface area contributed by atoms with Gasteiger partial charge in [-0.25, -0.2) is 8.42 Å². The van der Waals surface area contributed by atoms with Gasteiger partial charge >= 0.3 is 0 Å². The Morgan fingerprint density at radius 3 is 2.56 bits per heavy atom. The van der Waals surface area contributed by atoms with Crippen LogP contribution in [0.15, 0.2) is 0 Å². The maximum atomic E-state index is 11.5. The van der Waals surface area contributed by atoms with E-state index in [2.05, 4.69) is 4.90 Å². The van der Waals surface area contributed by atoms with Crippen molar-refractivity contribution in [2.45, 2.75) is 50.8 Å². The van der Waals surface area contributed by atoms with Crippen LogP contribution in [0.4, 0.5) is 0 Å². The summed E-state index contributed by atoms with van der Waals surface area (Å²) in [5, 5.41) is 9.98. The summed E-state index contributed by atoms with van der Waals surface area (Å²) in [4.78, 5) is 2.20. The van der Waals surface area contributed by atoms with Crippen molar-refractivity contribution < 1.29 is 13.5 Å². The van der Waals surface area contributed by atoms with Crippen molar-refractivity contribution in [2.75, 3.05) is 18.1 Å². The van der Waals surface area contributed by atoms with Gasteiger partial charge in [-0.15, -0.1) is 0 Å². The van der Waals surface area contributed by atoms with Crippen LogP contribution in [0.5, 0.6) is 0 Å². The molecule has 16 heavy (non-hydrogen) atoms. The third-order valence-corrected chi connectivity index (χ3v) is 5.64. The normalized spacial score (nSPS) is 40.8. The molecule has 0 aromatic heterocycles. The number of rotatable bonds is 1. The molecule has 0 amide bonds. The Kier molecular flexibility index (Phi) is 3.56. The molecule has 0 aromatic carbocycles. The van der Waals surface area contributed by atoms with Crippen LogP contribution in [0.25, 0.3) is 0 Å². The predicted octanol–water partition coefficient (Wildman–Crippen LogP) is 0.409. The molecule has 0 bridgehead atoms. The molecule has 2 rings (SSSR count). The second kappa shape index (κ2) is 4.63. The Hall–Kier alpha value is -0.130. The molecule has 1 saturated heterocycles. The van der Waals surface area contributed by atoms with E-state index in [0.29, 0.717) is 6.54 Å². The maximum Gasteiger partial charge on any atom is 0.153 e. The van der Waals surface area contributed by atoms with Crippen LogP contribution < -0.4 is 0 Å². The first kappa shape index (κ1) is 12.3. The fourth-order valence-corrected chi connectivity index (χ4v) is 4.56. The summed E-state index contributed by atoms with van der Waals surface area (Å²) < 4.78 is 23.0. The monoisotopic (exact) mass is 247 g/mol. The SMILES string of the molecule is CC1CS(=O)(=O)CCN1[C@H]1CCCC[C@@H]1O. The lowest BCUT2D eigenvalue weighted by Crippen LogP contribution is -2.56. The topological polar surface area (TPSA) is 57.6 Å². The highest BCUT2D eigenvalue weighted by Crippen LogP contribution is 2.26. The van der Waals surface area contributed by atoms with Crippen LogP contribution in [-0.2, 0) is 9.84 Å². The Bertz CT molecular complexity index is 341. The van der Waals surface area contributed by atoms with Crippen molar-refractivity contribution >= 4 is 9.84 Å². The molecule has 1 saturated carbocycles. The average molecular weight is 247 g/mol. The van der Waals surface area contributed by atoms with Gasteiger partial charge in [0.05, 0.1) is 17.6 Å². The standard InChI is InChI=1S/C11H21NO3S/c1-9-8-16(14,15)7-6-12(9)10-4-2-3-5-11(10)13/h9-11,13H,2-8H2,1H3/t9?,10-,11-/m0/s1. The number of aliphatic hydroxyl groups is 1. The van der Waals surface area contributed by atoms with E-state index in [0.717, 1.165) is 25.7 Å². The third-order valence-electron chi connectivity index (χ3n) is 3.84. The zero-order valence-corrected chi connectivity index (χ0v) is 10.6. The first-order valence-corrected chi connectivity index (χ1v) is 7.96. The third kappa shape index (κ3) is 2.57. The van der Waals surface area contributed by atoms with Crippen LogP contribution in [-0.4, -0.2) is 54.7 Å². The van der Waals surface area contributed by atoms with E-state index < -0.39 is 9.84 Å². The Labute approximate surface area is 97.6 Å². The summed E-state index contributed by atoms with van der Waals surface area (Å²) in [6, 6.07) is 0.232. The van der Waals surface area contributed by atoms with Crippen LogP contribution in [0.3, 0.4) is 0 Å². The lowest BCUT2D eigenvalue weighted by molar-refractivity contribution is 0.00664. The van der Waals surface area contributed by atoms with Crippen molar-refractivity contribution in [3.05, 3.63) is 0 Å². The Morgan fingerprint density at radius 1 is 1.25 bits per heavy atom. The average Bonchev–Trinajstić information content (AvgIpc) is 2.18. The van der Waals surface area contributed by atoms with Crippen LogP contribution >= 0.6 is 0 Å². The fourth-order valence-electron chi connectivity index (χ4n) is 2.98. The summed E-state index contributed by atoms with van der Waals surface area (Å²) in [7, 11) is -2.84. The van der Waals surface area contributed by atoms with E-state index in [1.54, 1.807) is 0 Å². The zero-order chi connectivity index (χ0) is 11.8. The van der Waals surface area contributed by atoms with Crippen molar-refractivity contribution in [1.29, 1.82) is 0 Å². The van der Waals surface area contributed by atoms with E-state index >= 15 is 0 Å². The lowest BCUT2D eigenvalue weighted by atomic mass is 9.90. The van der Waals surface area contributed by atoms with E-state index in [9.17, 15) is 13.5 Å². The molecule has 94 valence electrons. The Balaban J connectivity index is 2.04. The number of hydrogen-bond acceptors (Lipinski definition) is 4. The molecular weight excluding hydrogens is 226 g/mol. The minimum Gasteiger partial charge on any atom is -0.391 e. The van der Waals surface area contributed by atoms with E-state index in [1.165, 1.54) is 0 Å². The number of nitrogens with zero attached hydrogens (tertiary/aromatic N) is 1. The van der Waals surface area contributed by atoms with Crippen LogP contribution in [0, 0.1) is 0 Å². The second-order valence-electron chi connectivity index (χ2n) is 5.12. The zero-order valence-electron chi connectivity index (χ0n) is 9.80. The molecule has 0 spiro atoms. The van der Waals surface area contributed by atoms with Crippen molar-refractivity contribution in [2.24, 2.45) is 0 Å². The quantitative estimate of drug-likeness (QED) is 0.729. The molecule has 1 N–H and O–H groups in total. The second-order valence-corrected chi connectivity index (χ2v) is 7.35. The van der Waals surface area contributed by atoms with E-state index in [-0.39, 0.29) is 29.7 Å². The molecular formula is C11H21NO3S. The smallest absolute Gasteiger partial charge is 0.153 e. The van der Waals surface area contributed by atoms with Crippen molar-refractivity contribution in [3.8, 4) is 0 Å². The number of sulfone groups is 1. The molecule has 1 heterocycles. The van der Waals surface area contributed by atoms with Crippen molar-refractivity contribution in [3.63, 3.8) is 0 Å². The van der Waals surface area contributed by atoms with Crippen molar-refractivity contribution in [1.82, 2.24) is 4.90 Å². The minimum absolute atomic E-state index is 0.0523. The molecule has 2 aliphatic rings. The van der Waals surface area contributed by atoms with Gasteiger partial charge in [0.1, 0.15) is 0 Å². The minimum atomic E-state index is -2.84. The summed E-state index contributed by atoms with van der Waals surface area (Å²) in [5.41, 5.74) is 0. The van der Waals surface area contributed by atoms with Gasteiger partial charge in [0.25, 0.3) is 0 Å². The first-order chi connectivity index (χ1) is 7.49. The summed E-state index contributed by atoms with van der Waals surface area (Å²) in [6.45, 7) is 2.54. The summed E-state index contributed by atoms with van der Waals surface area (Å²) in [6.07, 6.45) is 3.85. The first-order valence-electron chi connectivity index (χ1n) is 6.14. The van der Waals surface area contributed by atoms with Crippen LogP contribution in [0.2, 0.25) is 0 Å². The summed E-state index contributed by atoms with van der Waals surface area (Å²) in [5.74, 6) is 0.497. The van der Waals surface area contributed by atoms with Gasteiger partial charge in [-0.05, 0) is 19.8 Å². The van der Waals surface area contributed by atoms with E-state index in [4.69, 9.17) is 0 Å². The lowest BCUT2D eigenvalue weighted by Gasteiger charge is -2.43. The summed E-state index contributed by atoms with van der Waals surface area (Å²) >= 11 is 0. The van der Waals surface area contributed by atoms with Gasteiger partial charge < -0.3 is 5.11 Å². The number of hydrogen-bond donors (Lipinski definition) is 1. The molecule has 1 aliphatic carbocycles. The van der Waals surface area contributed by atoms with Gasteiger partial charge in [-0.3, -0.25) is 4.90 Å². The highest BCUT2D eigenvalue weighted by atomic mass is 32.2. The molecule has 1 aliphatic heterocycles. The number of aliphatic hydroxyl groups excluding tert-OH is 1. The maximum absolute atomic E-state index is 11.5. The Morgan fingerprint density at radius 2 is 1.94 bits per heavy atom. The van der Waals surface area contributed by atoms with Gasteiger partial charge in [0.2, 0.25) is 0 Å². The van der Waals surface area contributed by atoms with Gasteiger partial charge in [-0.2, -0.15) is 0 Å². The molecule has 5 heteroatoms. The largest absolute Gasteiger partial charge is 0.391 e. The van der Waals surface area contributed by atoms with E-state index in [1.807, 2.05) is 6.92 Å². The van der Waals surface area contributed by atoms with Gasteiger partial charge in [-0.1, -0.05) is 12.8 Å². The van der Waals surface area contributed by atoms with Gasteiger partial charge in [0.15, 0.2) is 9.84 Å². The molecule has 4 nitrogen and oxygen atoms in total. The molecule has 0 aromatic rings. The molecule has 3 atom stereocenters. The predicted molar refractivity (Wildman–Crippen MR) is 63.1 cm³/mol. The molecule has 1 unspecified atom stereocenters.